The Balaban J connectivity index is 1.29. The van der Waals surface area contributed by atoms with Gasteiger partial charge in [0.15, 0.2) is 5.75 Å². The van der Waals surface area contributed by atoms with Crippen LogP contribution < -0.4 is 9.64 Å². The van der Waals surface area contributed by atoms with Gasteiger partial charge in [-0.3, -0.25) is 14.6 Å². The molecule has 2 N–H and O–H groups in total. The van der Waals surface area contributed by atoms with Gasteiger partial charge in [0.05, 0.1) is 18.1 Å². The summed E-state index contributed by atoms with van der Waals surface area (Å²) in [6.07, 6.45) is 6.05. The Hall–Kier alpha value is -3.02. The zero-order valence-electron chi connectivity index (χ0n) is 24.3. The molecule has 0 amide bonds. The number of benzene rings is 1. The predicted octanol–water partition coefficient (Wildman–Crippen LogP) is 5.22. The lowest BCUT2D eigenvalue weighted by Gasteiger charge is -2.37. The summed E-state index contributed by atoms with van der Waals surface area (Å²) in [5, 5.41) is 19.4. The lowest BCUT2D eigenvalue weighted by molar-refractivity contribution is -0.138. The van der Waals surface area contributed by atoms with Crippen LogP contribution in [0.2, 0.25) is 10.0 Å². The average molecular weight is 630 g/mol. The SMILES string of the molecule is CC(CCO)N1CCN(c2ncc(Oc3cc(CN4CCC(CC(=O)O)CC4)cc(-c4cc(Cl)cc(Cl)c4)n3)cn2)CC1. The maximum atomic E-state index is 11.1. The van der Waals surface area contributed by atoms with Crippen LogP contribution in [0.1, 0.15) is 38.2 Å². The van der Waals surface area contributed by atoms with Crippen LogP contribution in [0.15, 0.2) is 42.7 Å². The summed E-state index contributed by atoms with van der Waals surface area (Å²) in [4.78, 5) is 31.9. The fourth-order valence-corrected chi connectivity index (χ4v) is 6.31. The number of aliphatic carboxylic acids is 1. The number of piperazine rings is 1. The van der Waals surface area contributed by atoms with Crippen molar-refractivity contribution in [2.75, 3.05) is 50.8 Å². The van der Waals surface area contributed by atoms with Crippen LogP contribution in [-0.2, 0) is 11.3 Å². The summed E-state index contributed by atoms with van der Waals surface area (Å²) >= 11 is 12.6. The summed E-state index contributed by atoms with van der Waals surface area (Å²) in [5.41, 5.74) is 2.48. The van der Waals surface area contributed by atoms with E-state index in [4.69, 9.17) is 38.0 Å². The van der Waals surface area contributed by atoms with Gasteiger partial charge in [0.25, 0.3) is 0 Å². The monoisotopic (exact) mass is 628 g/mol. The number of ether oxygens (including phenoxy) is 1. The van der Waals surface area contributed by atoms with Gasteiger partial charge >= 0.3 is 5.97 Å². The van der Waals surface area contributed by atoms with E-state index >= 15 is 0 Å². The number of halogens is 2. The first-order chi connectivity index (χ1) is 20.7. The number of carbonyl (C=O) groups is 1. The molecule has 230 valence electrons. The van der Waals surface area contributed by atoms with Crippen LogP contribution in [0.4, 0.5) is 5.95 Å². The summed E-state index contributed by atoms with van der Waals surface area (Å²) in [7, 11) is 0. The summed E-state index contributed by atoms with van der Waals surface area (Å²) in [5.74, 6) is 1.03. The largest absolute Gasteiger partial charge is 0.481 e. The first-order valence-corrected chi connectivity index (χ1v) is 15.5. The highest BCUT2D eigenvalue weighted by atomic mass is 35.5. The minimum atomic E-state index is -0.734. The molecule has 2 aliphatic heterocycles. The van der Waals surface area contributed by atoms with Crippen LogP contribution in [0.5, 0.6) is 11.6 Å². The number of hydrogen-bond donors (Lipinski definition) is 2. The minimum absolute atomic E-state index is 0.200. The fourth-order valence-electron chi connectivity index (χ4n) is 5.78. The Labute approximate surface area is 262 Å². The Kier molecular flexibility index (Phi) is 10.7. The van der Waals surface area contributed by atoms with Crippen molar-refractivity contribution in [3.8, 4) is 22.9 Å². The van der Waals surface area contributed by atoms with Gasteiger partial charge in [-0.15, -0.1) is 0 Å². The normalized spacial score (nSPS) is 17.6. The van der Waals surface area contributed by atoms with Crippen molar-refractivity contribution in [1.82, 2.24) is 24.8 Å². The van der Waals surface area contributed by atoms with E-state index in [1.165, 1.54) is 0 Å². The van der Waals surface area contributed by atoms with E-state index < -0.39 is 5.97 Å². The van der Waals surface area contributed by atoms with Crippen LogP contribution >= 0.6 is 23.2 Å². The van der Waals surface area contributed by atoms with Crippen LogP contribution in [-0.4, -0.2) is 92.9 Å². The molecule has 0 radical (unpaired) electrons. The number of carboxylic acids is 1. The van der Waals surface area contributed by atoms with Gasteiger partial charge < -0.3 is 19.8 Å². The summed E-state index contributed by atoms with van der Waals surface area (Å²) in [6.45, 7) is 8.12. The molecular weight excluding hydrogens is 591 g/mol. The van der Waals surface area contributed by atoms with Gasteiger partial charge in [-0.05, 0) is 75.0 Å². The minimum Gasteiger partial charge on any atom is -0.481 e. The highest BCUT2D eigenvalue weighted by molar-refractivity contribution is 6.35. The standard InChI is InChI=1S/C31H38Cl2N6O4/c1-21(4-11-40)38-7-9-39(10-8-38)31-34-18-27(19-35-31)43-29-13-23(20-37-5-2-22(3-6-37)14-30(41)42)12-28(36-29)24-15-25(32)17-26(33)16-24/h12-13,15-19,21-22,40H,2-11,14,20H2,1H3,(H,41,42). The third kappa shape index (κ3) is 8.77. The van der Waals surface area contributed by atoms with Crippen molar-refractivity contribution in [3.63, 3.8) is 0 Å². The fraction of sp³-hybridized carbons (Fsp3) is 0.484. The quantitative estimate of drug-likeness (QED) is 0.293. The molecule has 0 saturated carbocycles. The molecule has 1 aromatic carbocycles. The first kappa shape index (κ1) is 31.4. The molecule has 3 aromatic rings. The van der Waals surface area contributed by atoms with Crippen molar-refractivity contribution in [2.24, 2.45) is 5.92 Å². The van der Waals surface area contributed by atoms with E-state index in [1.807, 2.05) is 24.3 Å². The van der Waals surface area contributed by atoms with Crippen molar-refractivity contribution in [2.45, 2.75) is 45.2 Å². The Bertz CT molecular complexity index is 1360. The molecule has 12 heteroatoms. The predicted molar refractivity (Wildman–Crippen MR) is 167 cm³/mol. The molecule has 43 heavy (non-hydrogen) atoms. The molecule has 5 rings (SSSR count). The maximum absolute atomic E-state index is 11.1. The molecule has 2 aliphatic rings. The lowest BCUT2D eigenvalue weighted by Crippen LogP contribution is -2.50. The number of hydrogen-bond acceptors (Lipinski definition) is 9. The smallest absolute Gasteiger partial charge is 0.303 e. The van der Waals surface area contributed by atoms with Crippen LogP contribution in [0.3, 0.4) is 0 Å². The number of rotatable bonds is 11. The molecule has 1 unspecified atom stereocenters. The van der Waals surface area contributed by atoms with Gasteiger partial charge in [-0.1, -0.05) is 23.2 Å². The Morgan fingerprint density at radius 3 is 2.30 bits per heavy atom. The molecule has 10 nitrogen and oxygen atoms in total. The third-order valence-corrected chi connectivity index (χ3v) is 8.64. The zero-order valence-corrected chi connectivity index (χ0v) is 25.8. The second-order valence-corrected chi connectivity index (χ2v) is 12.3. The molecule has 4 heterocycles. The van der Waals surface area contributed by atoms with E-state index in [0.717, 1.165) is 69.7 Å². The number of anilines is 1. The van der Waals surface area contributed by atoms with Gasteiger partial charge in [0.1, 0.15) is 0 Å². The van der Waals surface area contributed by atoms with Crippen LogP contribution in [0, 0.1) is 5.92 Å². The number of aliphatic hydroxyl groups excluding tert-OH is 1. The topological polar surface area (TPSA) is 115 Å². The Morgan fingerprint density at radius 1 is 1.00 bits per heavy atom. The highest BCUT2D eigenvalue weighted by Crippen LogP contribution is 2.31. The second-order valence-electron chi connectivity index (χ2n) is 11.4. The summed E-state index contributed by atoms with van der Waals surface area (Å²) < 4.78 is 6.17. The number of aromatic nitrogens is 3. The second kappa shape index (κ2) is 14.6. The molecule has 2 saturated heterocycles. The van der Waals surface area contributed by atoms with Crippen LogP contribution in [0.25, 0.3) is 11.3 Å². The lowest BCUT2D eigenvalue weighted by atomic mass is 9.93. The van der Waals surface area contributed by atoms with Crippen molar-refractivity contribution in [1.29, 1.82) is 0 Å². The molecule has 0 bridgehead atoms. The molecule has 0 spiro atoms. The highest BCUT2D eigenvalue weighted by Gasteiger charge is 2.23. The van der Waals surface area contributed by atoms with Gasteiger partial charge in [0.2, 0.25) is 11.8 Å². The molecule has 2 aromatic heterocycles. The number of nitrogens with zero attached hydrogens (tertiary/aromatic N) is 6. The van der Waals surface area contributed by atoms with E-state index in [0.29, 0.717) is 45.9 Å². The van der Waals surface area contributed by atoms with E-state index in [1.54, 1.807) is 18.5 Å². The molecule has 2 fully saturated rings. The number of pyridine rings is 1. The van der Waals surface area contributed by atoms with Crippen molar-refractivity contribution >= 4 is 35.1 Å². The van der Waals surface area contributed by atoms with E-state index in [2.05, 4.69) is 31.6 Å². The maximum Gasteiger partial charge on any atom is 0.303 e. The number of likely N-dealkylation sites (tertiary alicyclic amines) is 1. The third-order valence-electron chi connectivity index (χ3n) is 8.20. The summed E-state index contributed by atoms with van der Waals surface area (Å²) in [6, 6.07) is 9.61. The molecular formula is C31H38Cl2N6O4. The number of piperidine rings is 1. The van der Waals surface area contributed by atoms with Crippen molar-refractivity contribution in [3.05, 3.63) is 58.3 Å². The van der Waals surface area contributed by atoms with E-state index in [-0.39, 0.29) is 18.9 Å². The first-order valence-electron chi connectivity index (χ1n) is 14.8. The van der Waals surface area contributed by atoms with Crippen molar-refractivity contribution < 1.29 is 19.7 Å². The average Bonchev–Trinajstić information content (AvgIpc) is 2.98. The number of carboxylic acid groups (broad SMARTS) is 1. The zero-order chi connectivity index (χ0) is 30.3. The van der Waals surface area contributed by atoms with Gasteiger partial charge in [-0.2, -0.15) is 0 Å². The van der Waals surface area contributed by atoms with Gasteiger partial charge in [-0.25, -0.2) is 15.0 Å². The Morgan fingerprint density at radius 2 is 1.67 bits per heavy atom. The van der Waals surface area contributed by atoms with Gasteiger partial charge in [0, 0.05) is 73.5 Å². The molecule has 0 aliphatic carbocycles. The molecule has 1 atom stereocenters. The van der Waals surface area contributed by atoms with E-state index in [9.17, 15) is 9.90 Å². The number of aliphatic hydroxyl groups is 1.